The molecule has 64 valence electrons. The number of rotatable bonds is 2. The maximum atomic E-state index is 10.1. The number of halogens is 1. The topological polar surface area (TPSA) is 60.4 Å². The van der Waals surface area contributed by atoms with Crippen LogP contribution >= 0.6 is 11.6 Å². The van der Waals surface area contributed by atoms with Gasteiger partial charge in [-0.3, -0.25) is 0 Å². The van der Waals surface area contributed by atoms with E-state index >= 15 is 0 Å². The minimum atomic E-state index is -1.17. The van der Waals surface area contributed by atoms with Crippen LogP contribution in [-0.2, 0) is 11.2 Å². The second-order valence-electron chi connectivity index (χ2n) is 2.33. The van der Waals surface area contributed by atoms with Crippen LogP contribution in [0.2, 0.25) is 5.02 Å². The van der Waals surface area contributed by atoms with Gasteiger partial charge in [0.1, 0.15) is 5.75 Å². The van der Waals surface area contributed by atoms with E-state index in [0.29, 0.717) is 5.56 Å². The molecular formula is C8H6ClNaO3. The molecule has 0 aliphatic rings. The summed E-state index contributed by atoms with van der Waals surface area (Å²) < 4.78 is 0. The van der Waals surface area contributed by atoms with Gasteiger partial charge in [-0.2, -0.15) is 0 Å². The molecule has 0 spiro atoms. The number of carbonyl (C=O) groups is 1. The third-order valence-electron chi connectivity index (χ3n) is 1.36. The standard InChI is InChI=1S/C8H7ClO3.Na/c9-6-3-5(4-8(11)12)1-2-7(6)10;/h1-3,10H,4H2,(H,11,12);/q;+1/p-1. The van der Waals surface area contributed by atoms with E-state index in [4.69, 9.17) is 16.7 Å². The molecule has 0 amide bonds. The Labute approximate surface area is 103 Å². The second kappa shape index (κ2) is 5.50. The van der Waals surface area contributed by atoms with Crippen molar-refractivity contribution >= 4 is 17.6 Å². The van der Waals surface area contributed by atoms with Crippen molar-refractivity contribution in [1.29, 1.82) is 0 Å². The van der Waals surface area contributed by atoms with Gasteiger partial charge < -0.3 is 15.0 Å². The molecule has 13 heavy (non-hydrogen) atoms. The first-order chi connectivity index (χ1) is 5.59. The molecule has 0 aliphatic heterocycles. The van der Waals surface area contributed by atoms with Crippen LogP contribution in [0.25, 0.3) is 0 Å². The van der Waals surface area contributed by atoms with Crippen molar-refractivity contribution in [2.75, 3.05) is 0 Å². The van der Waals surface area contributed by atoms with Crippen molar-refractivity contribution in [1.82, 2.24) is 0 Å². The van der Waals surface area contributed by atoms with E-state index in [1.54, 1.807) is 0 Å². The molecule has 0 saturated heterocycles. The van der Waals surface area contributed by atoms with Crippen LogP contribution in [0.1, 0.15) is 5.56 Å². The molecule has 1 rings (SSSR count). The Morgan fingerprint density at radius 1 is 1.54 bits per heavy atom. The fraction of sp³-hybridized carbons (Fsp3) is 0.125. The van der Waals surface area contributed by atoms with Crippen molar-refractivity contribution in [2.24, 2.45) is 0 Å². The Bertz CT molecular complexity index is 314. The molecule has 0 fully saturated rings. The van der Waals surface area contributed by atoms with Gasteiger partial charge in [0, 0.05) is 12.4 Å². The van der Waals surface area contributed by atoms with Crippen molar-refractivity contribution in [3.63, 3.8) is 0 Å². The summed E-state index contributed by atoms with van der Waals surface area (Å²) in [4.78, 5) is 10.1. The molecule has 0 radical (unpaired) electrons. The predicted octanol–water partition coefficient (Wildman–Crippen LogP) is -2.66. The molecule has 5 heteroatoms. The van der Waals surface area contributed by atoms with Crippen molar-refractivity contribution in [3.8, 4) is 5.75 Å². The summed E-state index contributed by atoms with van der Waals surface area (Å²) >= 11 is 5.53. The zero-order chi connectivity index (χ0) is 9.14. The van der Waals surface area contributed by atoms with E-state index in [-0.39, 0.29) is 46.8 Å². The molecular weight excluding hydrogens is 203 g/mol. The number of hydrogen-bond donors (Lipinski definition) is 1. The van der Waals surface area contributed by atoms with E-state index in [2.05, 4.69) is 0 Å². The molecule has 1 aromatic carbocycles. The Hall–Kier alpha value is -0.220. The van der Waals surface area contributed by atoms with Crippen LogP contribution < -0.4 is 34.7 Å². The molecule has 0 heterocycles. The average molecular weight is 209 g/mol. The van der Waals surface area contributed by atoms with Crippen LogP contribution in [0.15, 0.2) is 18.2 Å². The van der Waals surface area contributed by atoms with Crippen LogP contribution in [-0.4, -0.2) is 11.1 Å². The average Bonchev–Trinajstić information content (AvgIpc) is 1.96. The van der Waals surface area contributed by atoms with E-state index in [9.17, 15) is 9.90 Å². The van der Waals surface area contributed by atoms with Gasteiger partial charge in [-0.25, -0.2) is 0 Å². The summed E-state index contributed by atoms with van der Waals surface area (Å²) in [6, 6.07) is 4.23. The van der Waals surface area contributed by atoms with E-state index in [1.165, 1.54) is 18.2 Å². The van der Waals surface area contributed by atoms with Crippen LogP contribution in [0, 0.1) is 0 Å². The number of aliphatic carboxylic acids is 1. The van der Waals surface area contributed by atoms with E-state index in [1.807, 2.05) is 0 Å². The SMILES string of the molecule is O=C([O-])Cc1ccc(O)c(Cl)c1.[Na+]. The summed E-state index contributed by atoms with van der Waals surface area (Å²) in [5, 5.41) is 19.3. The maximum absolute atomic E-state index is 10.1. The predicted molar refractivity (Wildman–Crippen MR) is 41.8 cm³/mol. The Morgan fingerprint density at radius 3 is 2.62 bits per heavy atom. The number of hydrogen-bond acceptors (Lipinski definition) is 3. The first-order valence-corrected chi connectivity index (χ1v) is 3.64. The molecule has 1 N–H and O–H groups in total. The largest absolute Gasteiger partial charge is 1.00 e. The Kier molecular flexibility index (Phi) is 5.40. The number of benzene rings is 1. The molecule has 1 aromatic rings. The summed E-state index contributed by atoms with van der Waals surface area (Å²) in [6.45, 7) is 0. The number of carboxylic acid groups (broad SMARTS) is 1. The fourth-order valence-electron chi connectivity index (χ4n) is 0.827. The summed E-state index contributed by atoms with van der Waals surface area (Å²) in [5.74, 6) is -1.23. The van der Waals surface area contributed by atoms with Gasteiger partial charge in [0.2, 0.25) is 0 Å². The number of aromatic hydroxyl groups is 1. The van der Waals surface area contributed by atoms with Crippen molar-refractivity contribution < 1.29 is 44.6 Å². The van der Waals surface area contributed by atoms with E-state index < -0.39 is 5.97 Å². The maximum Gasteiger partial charge on any atom is 1.00 e. The molecule has 0 aromatic heterocycles. The fourth-order valence-corrected chi connectivity index (χ4v) is 1.03. The smallest absolute Gasteiger partial charge is 0.550 e. The molecule has 3 nitrogen and oxygen atoms in total. The third kappa shape index (κ3) is 4.00. The minimum Gasteiger partial charge on any atom is -0.550 e. The molecule has 0 bridgehead atoms. The third-order valence-corrected chi connectivity index (χ3v) is 1.66. The van der Waals surface area contributed by atoms with Gasteiger partial charge in [0.05, 0.1) is 5.02 Å². The summed E-state index contributed by atoms with van der Waals surface area (Å²) in [7, 11) is 0. The normalized spacial score (nSPS) is 9.00. The van der Waals surface area contributed by atoms with Crippen molar-refractivity contribution in [2.45, 2.75) is 6.42 Å². The quantitative estimate of drug-likeness (QED) is 0.540. The number of carbonyl (C=O) groups excluding carboxylic acids is 1. The monoisotopic (exact) mass is 208 g/mol. The number of carboxylic acids is 1. The second-order valence-corrected chi connectivity index (χ2v) is 2.74. The van der Waals surface area contributed by atoms with Gasteiger partial charge in [-0.1, -0.05) is 17.7 Å². The number of phenolic OH excluding ortho intramolecular Hbond substituents is 1. The van der Waals surface area contributed by atoms with Crippen LogP contribution in [0.5, 0.6) is 5.75 Å². The van der Waals surface area contributed by atoms with Crippen molar-refractivity contribution in [3.05, 3.63) is 28.8 Å². The first kappa shape index (κ1) is 12.8. The van der Waals surface area contributed by atoms with Gasteiger partial charge in [-0.05, 0) is 17.7 Å². The zero-order valence-electron chi connectivity index (χ0n) is 7.08. The van der Waals surface area contributed by atoms with Crippen LogP contribution in [0.3, 0.4) is 0 Å². The first-order valence-electron chi connectivity index (χ1n) is 3.27. The summed E-state index contributed by atoms with van der Waals surface area (Å²) in [6.07, 6.45) is -0.194. The summed E-state index contributed by atoms with van der Waals surface area (Å²) in [5.41, 5.74) is 0.512. The molecule has 0 unspecified atom stereocenters. The zero-order valence-corrected chi connectivity index (χ0v) is 9.84. The molecule has 0 saturated carbocycles. The molecule has 0 atom stereocenters. The van der Waals surface area contributed by atoms with Gasteiger partial charge >= 0.3 is 29.6 Å². The number of phenols is 1. The van der Waals surface area contributed by atoms with E-state index in [0.717, 1.165) is 0 Å². The Balaban J connectivity index is 0.00000144. The molecule has 0 aliphatic carbocycles. The van der Waals surface area contributed by atoms with Gasteiger partial charge in [-0.15, -0.1) is 0 Å². The van der Waals surface area contributed by atoms with Gasteiger partial charge in [0.15, 0.2) is 0 Å². The minimum absolute atomic E-state index is 0. The van der Waals surface area contributed by atoms with Gasteiger partial charge in [0.25, 0.3) is 0 Å². The Morgan fingerprint density at radius 2 is 2.15 bits per heavy atom. The van der Waals surface area contributed by atoms with Crippen LogP contribution in [0.4, 0.5) is 0 Å².